The summed E-state index contributed by atoms with van der Waals surface area (Å²) in [6.45, 7) is 3.70. The SMILES string of the molecule is CCC(Sc1ccccc1)C(=O)Nc1ccc(S(=O)(=O)Nc2nccc(C)n2)cc1. The van der Waals surface area contributed by atoms with Crippen molar-refractivity contribution in [2.24, 2.45) is 0 Å². The van der Waals surface area contributed by atoms with E-state index in [1.54, 1.807) is 25.1 Å². The summed E-state index contributed by atoms with van der Waals surface area (Å²) >= 11 is 1.49. The second kappa shape index (κ2) is 9.73. The zero-order valence-corrected chi connectivity index (χ0v) is 18.2. The van der Waals surface area contributed by atoms with Crippen molar-refractivity contribution in [2.75, 3.05) is 10.0 Å². The number of carbonyl (C=O) groups excluding carboxylic acids is 1. The maximum atomic E-state index is 12.6. The highest BCUT2D eigenvalue weighted by Gasteiger charge is 2.19. The van der Waals surface area contributed by atoms with Gasteiger partial charge in [-0.05, 0) is 55.8 Å². The number of carbonyl (C=O) groups is 1. The molecule has 0 aliphatic rings. The number of aryl methyl sites for hydroxylation is 1. The molecule has 0 bridgehead atoms. The zero-order valence-electron chi connectivity index (χ0n) is 16.6. The van der Waals surface area contributed by atoms with Crippen molar-refractivity contribution >= 4 is 39.3 Å². The molecule has 0 fully saturated rings. The zero-order chi connectivity index (χ0) is 21.6. The van der Waals surface area contributed by atoms with Crippen molar-refractivity contribution in [1.82, 2.24) is 9.97 Å². The van der Waals surface area contributed by atoms with Gasteiger partial charge in [-0.1, -0.05) is 25.1 Å². The number of nitrogens with one attached hydrogen (secondary N) is 2. The van der Waals surface area contributed by atoms with E-state index in [-0.39, 0.29) is 22.0 Å². The van der Waals surface area contributed by atoms with Gasteiger partial charge < -0.3 is 5.32 Å². The molecule has 0 saturated carbocycles. The van der Waals surface area contributed by atoms with E-state index < -0.39 is 10.0 Å². The van der Waals surface area contributed by atoms with E-state index >= 15 is 0 Å². The summed E-state index contributed by atoms with van der Waals surface area (Å²) in [5.74, 6) is -0.121. The Bertz CT molecular complexity index is 1100. The number of amides is 1. The van der Waals surface area contributed by atoms with Crippen LogP contribution in [0.5, 0.6) is 0 Å². The predicted molar refractivity (Wildman–Crippen MR) is 119 cm³/mol. The molecule has 30 heavy (non-hydrogen) atoms. The number of hydrogen-bond acceptors (Lipinski definition) is 6. The maximum Gasteiger partial charge on any atom is 0.264 e. The molecule has 0 spiro atoms. The van der Waals surface area contributed by atoms with Gasteiger partial charge in [-0.3, -0.25) is 4.79 Å². The molecule has 2 N–H and O–H groups in total. The molecule has 0 aliphatic heterocycles. The lowest BCUT2D eigenvalue weighted by Gasteiger charge is -2.15. The third kappa shape index (κ3) is 5.80. The van der Waals surface area contributed by atoms with Crippen molar-refractivity contribution in [1.29, 1.82) is 0 Å². The Balaban J connectivity index is 1.66. The van der Waals surface area contributed by atoms with Crippen LogP contribution in [0.25, 0.3) is 0 Å². The van der Waals surface area contributed by atoms with Crippen molar-refractivity contribution in [3.63, 3.8) is 0 Å². The van der Waals surface area contributed by atoms with Crippen LogP contribution in [0, 0.1) is 6.92 Å². The van der Waals surface area contributed by atoms with Gasteiger partial charge in [-0.25, -0.2) is 23.1 Å². The minimum absolute atomic E-state index is 0.0103. The molecule has 0 aliphatic carbocycles. The summed E-state index contributed by atoms with van der Waals surface area (Å²) in [6.07, 6.45) is 2.15. The first-order valence-electron chi connectivity index (χ1n) is 9.32. The number of sulfonamides is 1. The molecule has 2 aromatic carbocycles. The third-order valence-electron chi connectivity index (χ3n) is 4.14. The van der Waals surface area contributed by atoms with E-state index in [1.165, 1.54) is 30.1 Å². The lowest BCUT2D eigenvalue weighted by molar-refractivity contribution is -0.115. The Morgan fingerprint density at radius 2 is 1.77 bits per heavy atom. The van der Waals surface area contributed by atoms with Crippen molar-refractivity contribution in [2.45, 2.75) is 35.3 Å². The highest BCUT2D eigenvalue weighted by atomic mass is 32.2. The Labute approximate surface area is 180 Å². The summed E-state index contributed by atoms with van der Waals surface area (Å²) in [5.41, 5.74) is 1.18. The molecule has 9 heteroatoms. The highest BCUT2D eigenvalue weighted by molar-refractivity contribution is 8.00. The molecule has 7 nitrogen and oxygen atoms in total. The quantitative estimate of drug-likeness (QED) is 0.510. The van der Waals surface area contributed by atoms with Gasteiger partial charge in [0.15, 0.2) is 0 Å². The number of aromatic nitrogens is 2. The number of hydrogen-bond donors (Lipinski definition) is 2. The van der Waals surface area contributed by atoms with E-state index in [1.807, 2.05) is 37.3 Å². The van der Waals surface area contributed by atoms with E-state index in [0.29, 0.717) is 17.8 Å². The molecule has 0 saturated heterocycles. The number of nitrogens with zero attached hydrogens (tertiary/aromatic N) is 2. The van der Waals surface area contributed by atoms with E-state index in [9.17, 15) is 13.2 Å². The Morgan fingerprint density at radius 3 is 2.40 bits per heavy atom. The Kier molecular flexibility index (Phi) is 7.07. The molecule has 156 valence electrons. The summed E-state index contributed by atoms with van der Waals surface area (Å²) in [7, 11) is -3.83. The first-order chi connectivity index (χ1) is 14.4. The van der Waals surface area contributed by atoms with Crippen molar-refractivity contribution in [3.05, 3.63) is 72.6 Å². The van der Waals surface area contributed by atoms with Gasteiger partial charge in [0.05, 0.1) is 10.1 Å². The standard InChI is InChI=1S/C21H22N4O3S2/c1-3-19(29-17-7-5-4-6-8-17)20(26)24-16-9-11-18(12-10-16)30(27,28)25-21-22-14-13-15(2)23-21/h4-14,19H,3H2,1-2H3,(H,24,26)(H,22,23,25). The van der Waals surface area contributed by atoms with Crippen LogP contribution in [0.4, 0.5) is 11.6 Å². The average molecular weight is 443 g/mol. The minimum Gasteiger partial charge on any atom is -0.325 e. The van der Waals surface area contributed by atoms with Crippen LogP contribution in [0.3, 0.4) is 0 Å². The first kappa shape index (κ1) is 21.8. The van der Waals surface area contributed by atoms with Gasteiger partial charge in [0.25, 0.3) is 10.0 Å². The smallest absolute Gasteiger partial charge is 0.264 e. The first-order valence-corrected chi connectivity index (χ1v) is 11.7. The molecule has 1 amide bonds. The summed E-state index contributed by atoms with van der Waals surface area (Å²) in [4.78, 5) is 21.6. The van der Waals surface area contributed by atoms with E-state index in [2.05, 4.69) is 20.0 Å². The van der Waals surface area contributed by atoms with E-state index in [0.717, 1.165) is 4.90 Å². The summed E-state index contributed by atoms with van der Waals surface area (Å²) < 4.78 is 27.4. The number of thioether (sulfide) groups is 1. The molecular weight excluding hydrogens is 420 g/mol. The maximum absolute atomic E-state index is 12.6. The molecular formula is C21H22N4O3S2. The fourth-order valence-electron chi connectivity index (χ4n) is 2.60. The average Bonchev–Trinajstić information content (AvgIpc) is 2.73. The van der Waals surface area contributed by atoms with Crippen molar-refractivity contribution < 1.29 is 13.2 Å². The van der Waals surface area contributed by atoms with Crippen LogP contribution in [0.2, 0.25) is 0 Å². The molecule has 1 aromatic heterocycles. The molecule has 1 heterocycles. The lowest BCUT2D eigenvalue weighted by atomic mass is 10.3. The predicted octanol–water partition coefficient (Wildman–Crippen LogP) is 4.10. The number of benzene rings is 2. The second-order valence-corrected chi connectivity index (χ2v) is 9.43. The summed E-state index contributed by atoms with van der Waals surface area (Å²) in [5, 5.41) is 2.60. The fourth-order valence-corrected chi connectivity index (χ4v) is 4.53. The van der Waals surface area contributed by atoms with Crippen molar-refractivity contribution in [3.8, 4) is 0 Å². The van der Waals surface area contributed by atoms with Gasteiger partial charge in [-0.2, -0.15) is 0 Å². The Hall–Kier alpha value is -2.91. The van der Waals surface area contributed by atoms with Crippen LogP contribution in [0.15, 0.2) is 76.7 Å². The van der Waals surface area contributed by atoms with E-state index in [4.69, 9.17) is 0 Å². The van der Waals surface area contributed by atoms with Gasteiger partial charge in [0, 0.05) is 22.5 Å². The van der Waals surface area contributed by atoms with Crippen LogP contribution in [-0.2, 0) is 14.8 Å². The number of anilines is 2. The van der Waals surface area contributed by atoms with Gasteiger partial charge >= 0.3 is 0 Å². The topological polar surface area (TPSA) is 101 Å². The summed E-state index contributed by atoms with van der Waals surface area (Å²) in [6, 6.07) is 17.4. The van der Waals surface area contributed by atoms with Gasteiger partial charge in [0.1, 0.15) is 0 Å². The van der Waals surface area contributed by atoms with Crippen LogP contribution in [-0.4, -0.2) is 29.5 Å². The molecule has 3 aromatic rings. The second-order valence-electron chi connectivity index (χ2n) is 6.47. The fraction of sp³-hybridized carbons (Fsp3) is 0.190. The molecule has 3 rings (SSSR count). The van der Waals surface area contributed by atoms with Crippen LogP contribution >= 0.6 is 11.8 Å². The molecule has 1 atom stereocenters. The molecule has 0 radical (unpaired) electrons. The van der Waals surface area contributed by atoms with Gasteiger partial charge in [0.2, 0.25) is 11.9 Å². The normalized spacial score (nSPS) is 12.2. The number of rotatable bonds is 8. The Morgan fingerprint density at radius 1 is 1.07 bits per heavy atom. The van der Waals surface area contributed by atoms with Crippen LogP contribution < -0.4 is 10.0 Å². The molecule has 1 unspecified atom stereocenters. The largest absolute Gasteiger partial charge is 0.325 e. The lowest BCUT2D eigenvalue weighted by Crippen LogP contribution is -2.24. The monoisotopic (exact) mass is 442 g/mol. The van der Waals surface area contributed by atoms with Gasteiger partial charge in [-0.15, -0.1) is 11.8 Å². The highest BCUT2D eigenvalue weighted by Crippen LogP contribution is 2.26. The minimum atomic E-state index is -3.83. The third-order valence-corrected chi connectivity index (χ3v) is 6.86. The van der Waals surface area contributed by atoms with Crippen LogP contribution in [0.1, 0.15) is 19.0 Å².